The highest BCUT2D eigenvalue weighted by Gasteiger charge is 2.10. The van der Waals surface area contributed by atoms with E-state index in [1.54, 1.807) is 36.4 Å². The van der Waals surface area contributed by atoms with Gasteiger partial charge in [-0.1, -0.05) is 90.4 Å². The molecule has 2 aromatic carbocycles. The van der Waals surface area contributed by atoms with E-state index in [1.165, 1.54) is 95.8 Å². The maximum Gasteiger partial charge on any atom is 0.343 e. The number of phenols is 1. The maximum absolute atomic E-state index is 12.5. The standard InChI is InChI=1S/C33H49NO5/c1-2-3-4-5-6-7-8-9-10-11-12-13-14-15-25-38-30-20-17-28(18-21-30)33(37)39-31-22-19-29(32(36)26-31)27-34-23-16-24-35/h17-22,26-27,35-36H,2-16,23-25H2,1H3. The fourth-order valence-corrected chi connectivity index (χ4v) is 4.36. The summed E-state index contributed by atoms with van der Waals surface area (Å²) in [5.74, 6) is 0.462. The Kier molecular flexibility index (Phi) is 17.4. The Morgan fingerprint density at radius 3 is 1.90 bits per heavy atom. The number of ether oxygens (including phenoxy) is 2. The number of nitrogens with zero attached hydrogens (tertiary/aromatic N) is 1. The van der Waals surface area contributed by atoms with Crippen LogP contribution in [0.2, 0.25) is 0 Å². The molecular weight excluding hydrogens is 490 g/mol. The molecule has 216 valence electrons. The van der Waals surface area contributed by atoms with Crippen LogP contribution < -0.4 is 9.47 Å². The van der Waals surface area contributed by atoms with Crippen LogP contribution in [0, 0.1) is 0 Å². The predicted octanol–water partition coefficient (Wildman–Crippen LogP) is 8.27. The number of aromatic hydroxyl groups is 1. The van der Waals surface area contributed by atoms with Crippen LogP contribution in [0.25, 0.3) is 0 Å². The topological polar surface area (TPSA) is 88.4 Å². The van der Waals surface area contributed by atoms with Gasteiger partial charge in [-0.15, -0.1) is 0 Å². The van der Waals surface area contributed by atoms with Crippen LogP contribution in [-0.4, -0.2) is 42.2 Å². The quantitative estimate of drug-likeness (QED) is 0.0680. The van der Waals surface area contributed by atoms with Crippen LogP contribution in [0.4, 0.5) is 0 Å². The van der Waals surface area contributed by atoms with Crippen molar-refractivity contribution >= 4 is 12.2 Å². The highest BCUT2D eigenvalue weighted by molar-refractivity contribution is 5.91. The molecule has 0 aromatic heterocycles. The Bertz CT molecular complexity index is 942. The van der Waals surface area contributed by atoms with Crippen molar-refractivity contribution in [3.63, 3.8) is 0 Å². The lowest BCUT2D eigenvalue weighted by Crippen LogP contribution is -2.08. The van der Waals surface area contributed by atoms with Crippen molar-refractivity contribution in [2.24, 2.45) is 4.99 Å². The molecule has 0 bridgehead atoms. The molecule has 0 fully saturated rings. The normalized spacial score (nSPS) is 11.2. The van der Waals surface area contributed by atoms with Gasteiger partial charge in [-0.3, -0.25) is 4.99 Å². The number of esters is 1. The molecule has 0 radical (unpaired) electrons. The summed E-state index contributed by atoms with van der Waals surface area (Å²) in [6, 6.07) is 11.6. The Balaban J connectivity index is 1.55. The predicted molar refractivity (Wildman–Crippen MR) is 159 cm³/mol. The third-order valence-electron chi connectivity index (χ3n) is 6.74. The Hall–Kier alpha value is -2.86. The van der Waals surface area contributed by atoms with Crippen LogP contribution in [-0.2, 0) is 0 Å². The molecule has 0 aliphatic carbocycles. The van der Waals surface area contributed by atoms with E-state index in [-0.39, 0.29) is 18.1 Å². The number of aliphatic hydroxyl groups is 1. The molecule has 39 heavy (non-hydrogen) atoms. The molecule has 0 amide bonds. The number of unbranched alkanes of at least 4 members (excludes halogenated alkanes) is 13. The Morgan fingerprint density at radius 1 is 0.769 bits per heavy atom. The van der Waals surface area contributed by atoms with Gasteiger partial charge >= 0.3 is 5.97 Å². The highest BCUT2D eigenvalue weighted by Crippen LogP contribution is 2.24. The minimum atomic E-state index is -0.503. The molecule has 6 heteroatoms. The first-order valence-electron chi connectivity index (χ1n) is 15.0. The minimum Gasteiger partial charge on any atom is -0.507 e. The number of rotatable bonds is 22. The fraction of sp³-hybridized carbons (Fsp3) is 0.576. The van der Waals surface area contributed by atoms with Gasteiger partial charge in [0.15, 0.2) is 0 Å². The smallest absolute Gasteiger partial charge is 0.343 e. The van der Waals surface area contributed by atoms with Crippen LogP contribution in [0.3, 0.4) is 0 Å². The zero-order chi connectivity index (χ0) is 28.0. The number of benzene rings is 2. The average Bonchev–Trinajstić information content (AvgIpc) is 2.94. The van der Waals surface area contributed by atoms with Crippen LogP contribution in [0.5, 0.6) is 17.2 Å². The summed E-state index contributed by atoms with van der Waals surface area (Å²) >= 11 is 0. The van der Waals surface area contributed by atoms with Crippen molar-refractivity contribution in [3.8, 4) is 17.2 Å². The monoisotopic (exact) mass is 539 g/mol. The maximum atomic E-state index is 12.5. The molecule has 0 heterocycles. The Labute approximate surface area is 235 Å². The van der Waals surface area contributed by atoms with Crippen molar-refractivity contribution in [3.05, 3.63) is 53.6 Å². The largest absolute Gasteiger partial charge is 0.507 e. The van der Waals surface area contributed by atoms with E-state index in [1.807, 2.05) is 0 Å². The van der Waals surface area contributed by atoms with E-state index in [2.05, 4.69) is 11.9 Å². The summed E-state index contributed by atoms with van der Waals surface area (Å²) in [4.78, 5) is 16.6. The van der Waals surface area contributed by atoms with Gasteiger partial charge in [0.1, 0.15) is 17.2 Å². The Morgan fingerprint density at radius 2 is 1.33 bits per heavy atom. The molecule has 0 unspecified atom stereocenters. The molecule has 0 aliphatic heterocycles. The van der Waals surface area contributed by atoms with Crippen LogP contribution >= 0.6 is 0 Å². The third kappa shape index (κ3) is 14.8. The van der Waals surface area contributed by atoms with Crippen molar-refractivity contribution in [2.45, 2.75) is 103 Å². The summed E-state index contributed by atoms with van der Waals surface area (Å²) in [6.07, 6.45) is 20.8. The van der Waals surface area contributed by atoms with E-state index < -0.39 is 5.97 Å². The van der Waals surface area contributed by atoms with Gasteiger partial charge in [0.25, 0.3) is 0 Å². The van der Waals surface area contributed by atoms with Gasteiger partial charge in [-0.25, -0.2) is 4.79 Å². The van der Waals surface area contributed by atoms with Crippen molar-refractivity contribution < 1.29 is 24.5 Å². The molecule has 0 spiro atoms. The second-order valence-corrected chi connectivity index (χ2v) is 10.2. The lowest BCUT2D eigenvalue weighted by molar-refractivity contribution is 0.0734. The molecule has 0 atom stereocenters. The zero-order valence-corrected chi connectivity index (χ0v) is 23.9. The molecule has 2 aromatic rings. The molecule has 6 nitrogen and oxygen atoms in total. The van der Waals surface area contributed by atoms with Crippen molar-refractivity contribution in [2.75, 3.05) is 19.8 Å². The first kappa shape index (κ1) is 32.4. The third-order valence-corrected chi connectivity index (χ3v) is 6.74. The van der Waals surface area contributed by atoms with Crippen molar-refractivity contribution in [1.82, 2.24) is 0 Å². The number of aliphatic hydroxyl groups excluding tert-OH is 1. The van der Waals surface area contributed by atoms with E-state index in [0.717, 1.165) is 12.2 Å². The minimum absolute atomic E-state index is 0.0275. The summed E-state index contributed by atoms with van der Waals surface area (Å²) in [7, 11) is 0. The summed E-state index contributed by atoms with van der Waals surface area (Å²) in [5, 5.41) is 18.9. The molecule has 2 N–H and O–H groups in total. The second-order valence-electron chi connectivity index (χ2n) is 10.2. The number of carbonyl (C=O) groups is 1. The van der Waals surface area contributed by atoms with Gasteiger partial charge in [-0.05, 0) is 49.2 Å². The molecule has 0 aliphatic rings. The fourth-order valence-electron chi connectivity index (χ4n) is 4.36. The number of hydrogen-bond acceptors (Lipinski definition) is 6. The van der Waals surface area contributed by atoms with Crippen LogP contribution in [0.1, 0.15) is 119 Å². The number of phenolic OH excluding ortho intramolecular Hbond substituents is 1. The van der Waals surface area contributed by atoms with Gasteiger partial charge in [0.2, 0.25) is 0 Å². The van der Waals surface area contributed by atoms with Crippen LogP contribution in [0.15, 0.2) is 47.5 Å². The molecular formula is C33H49NO5. The average molecular weight is 540 g/mol. The lowest BCUT2D eigenvalue weighted by atomic mass is 10.0. The lowest BCUT2D eigenvalue weighted by Gasteiger charge is -2.08. The summed E-state index contributed by atoms with van der Waals surface area (Å²) in [5.41, 5.74) is 0.931. The molecule has 2 rings (SSSR count). The first-order chi connectivity index (χ1) is 19.1. The van der Waals surface area contributed by atoms with Crippen molar-refractivity contribution in [1.29, 1.82) is 0 Å². The summed E-state index contributed by atoms with van der Waals surface area (Å²) < 4.78 is 11.2. The molecule has 0 saturated carbocycles. The first-order valence-corrected chi connectivity index (χ1v) is 15.0. The van der Waals surface area contributed by atoms with Gasteiger partial charge in [-0.2, -0.15) is 0 Å². The zero-order valence-electron chi connectivity index (χ0n) is 23.9. The SMILES string of the molecule is CCCCCCCCCCCCCCCCOc1ccc(C(=O)Oc2ccc(C=NCCCO)c(O)c2)cc1. The van der Waals surface area contributed by atoms with E-state index in [9.17, 15) is 9.90 Å². The van der Waals surface area contributed by atoms with Gasteiger partial charge < -0.3 is 19.7 Å². The summed E-state index contributed by atoms with van der Waals surface area (Å²) in [6.45, 7) is 3.50. The number of aliphatic imine (C=N–C) groups is 1. The second kappa shape index (κ2) is 21.0. The van der Waals surface area contributed by atoms with E-state index in [4.69, 9.17) is 14.6 Å². The van der Waals surface area contributed by atoms with Gasteiger partial charge in [0.05, 0.1) is 12.2 Å². The molecule has 0 saturated heterocycles. The highest BCUT2D eigenvalue weighted by atomic mass is 16.5. The van der Waals surface area contributed by atoms with Gasteiger partial charge in [0, 0.05) is 31.0 Å². The van der Waals surface area contributed by atoms with E-state index in [0.29, 0.717) is 30.7 Å². The number of hydrogen-bond donors (Lipinski definition) is 2. The van der Waals surface area contributed by atoms with E-state index >= 15 is 0 Å². The number of carbonyl (C=O) groups excluding carboxylic acids is 1.